The van der Waals surface area contributed by atoms with Gasteiger partial charge in [-0.1, -0.05) is 5.21 Å². The van der Waals surface area contributed by atoms with Crippen LogP contribution in [0.1, 0.15) is 40.8 Å². The molecule has 5 rings (SSSR count). The molecule has 0 aromatic carbocycles. The van der Waals surface area contributed by atoms with Gasteiger partial charge in [0, 0.05) is 12.7 Å². The zero-order valence-corrected chi connectivity index (χ0v) is 17.3. The van der Waals surface area contributed by atoms with Gasteiger partial charge in [-0.25, -0.2) is 9.67 Å². The highest BCUT2D eigenvalue weighted by Crippen LogP contribution is 2.33. The van der Waals surface area contributed by atoms with Crippen LogP contribution in [0.15, 0.2) is 48.4 Å². The summed E-state index contributed by atoms with van der Waals surface area (Å²) in [7, 11) is 0. The van der Waals surface area contributed by atoms with Gasteiger partial charge >= 0.3 is 0 Å². The molecule has 1 saturated heterocycles. The highest BCUT2D eigenvalue weighted by Gasteiger charge is 2.32. The minimum absolute atomic E-state index is 0.0890. The fourth-order valence-electron chi connectivity index (χ4n) is 3.70. The summed E-state index contributed by atoms with van der Waals surface area (Å²) in [6.45, 7) is 0.650. The molecule has 156 valence electrons. The van der Waals surface area contributed by atoms with Crippen LogP contribution in [0.3, 0.4) is 0 Å². The topological polar surface area (TPSA) is 129 Å². The number of nitrogens with two attached hydrogens (primary N) is 1. The fourth-order valence-corrected chi connectivity index (χ4v) is 4.40. The molecule has 11 heteroatoms. The maximum atomic E-state index is 13.5. The molecule has 0 spiro atoms. The Morgan fingerprint density at radius 3 is 2.87 bits per heavy atom. The van der Waals surface area contributed by atoms with E-state index in [1.165, 1.54) is 11.3 Å². The van der Waals surface area contributed by atoms with E-state index in [2.05, 4.69) is 30.5 Å². The van der Waals surface area contributed by atoms with Gasteiger partial charge in [0.1, 0.15) is 16.2 Å². The highest BCUT2D eigenvalue weighted by molar-refractivity contribution is 7.09. The van der Waals surface area contributed by atoms with Crippen LogP contribution in [0, 0.1) is 0 Å². The Hall–Kier alpha value is -3.73. The molecule has 10 nitrogen and oxygen atoms in total. The Morgan fingerprint density at radius 1 is 1.13 bits per heavy atom. The van der Waals surface area contributed by atoms with Gasteiger partial charge in [0.05, 0.1) is 35.5 Å². The van der Waals surface area contributed by atoms with E-state index >= 15 is 0 Å². The zero-order chi connectivity index (χ0) is 21.2. The van der Waals surface area contributed by atoms with Gasteiger partial charge in [0.15, 0.2) is 5.69 Å². The molecule has 1 amide bonds. The fraction of sp³-hybridized carbons (Fsp3) is 0.250. The normalized spacial score (nSPS) is 16.4. The minimum atomic E-state index is -0.154. The summed E-state index contributed by atoms with van der Waals surface area (Å²) in [4.78, 5) is 24.1. The molecule has 0 radical (unpaired) electrons. The lowest BCUT2D eigenvalue weighted by Gasteiger charge is -2.34. The third-order valence-corrected chi connectivity index (χ3v) is 6.00. The predicted molar refractivity (Wildman–Crippen MR) is 114 cm³/mol. The van der Waals surface area contributed by atoms with Crippen molar-refractivity contribution in [2.45, 2.75) is 25.3 Å². The molecule has 1 fully saturated rings. The second-order valence-corrected chi connectivity index (χ2v) is 8.05. The molecule has 5 heterocycles. The van der Waals surface area contributed by atoms with Gasteiger partial charge in [-0.15, -0.1) is 26.6 Å². The van der Waals surface area contributed by atoms with E-state index in [-0.39, 0.29) is 11.9 Å². The first-order chi connectivity index (χ1) is 15.2. The van der Waals surface area contributed by atoms with Gasteiger partial charge in [0.2, 0.25) is 0 Å². The van der Waals surface area contributed by atoms with Crippen molar-refractivity contribution in [1.82, 2.24) is 40.1 Å². The quantitative estimate of drug-likeness (QED) is 0.520. The number of hydrogen-bond acceptors (Lipinski definition) is 9. The van der Waals surface area contributed by atoms with Gasteiger partial charge in [-0.2, -0.15) is 0 Å². The first kappa shape index (κ1) is 19.2. The molecule has 0 aliphatic carbocycles. The van der Waals surface area contributed by atoms with E-state index in [1.807, 2.05) is 4.90 Å². The summed E-state index contributed by atoms with van der Waals surface area (Å²) in [6, 6.07) is 7.02. The van der Waals surface area contributed by atoms with Crippen molar-refractivity contribution in [1.29, 1.82) is 0 Å². The van der Waals surface area contributed by atoms with E-state index in [0.29, 0.717) is 35.0 Å². The van der Waals surface area contributed by atoms with Gasteiger partial charge in [-0.3, -0.25) is 9.78 Å². The summed E-state index contributed by atoms with van der Waals surface area (Å²) >= 11 is 1.47. The van der Waals surface area contributed by atoms with E-state index in [9.17, 15) is 4.79 Å². The number of hydrogen-bond donors (Lipinski definition) is 1. The lowest BCUT2D eigenvalue weighted by molar-refractivity contribution is 0.0604. The van der Waals surface area contributed by atoms with E-state index in [4.69, 9.17) is 5.73 Å². The number of nitrogens with zero attached hydrogens (tertiary/aromatic N) is 8. The largest absolute Gasteiger partial charge is 0.397 e. The summed E-state index contributed by atoms with van der Waals surface area (Å²) in [5, 5.41) is 17.4. The smallest absolute Gasteiger partial charge is 0.275 e. The van der Waals surface area contributed by atoms with Crippen molar-refractivity contribution in [3.63, 3.8) is 0 Å². The Morgan fingerprint density at radius 2 is 2.06 bits per heavy atom. The molecule has 1 aliphatic heterocycles. The molecule has 0 bridgehead atoms. The minimum Gasteiger partial charge on any atom is -0.397 e. The highest BCUT2D eigenvalue weighted by atomic mass is 32.1. The van der Waals surface area contributed by atoms with E-state index in [1.54, 1.807) is 53.0 Å². The van der Waals surface area contributed by atoms with Gasteiger partial charge in [0.25, 0.3) is 5.91 Å². The van der Waals surface area contributed by atoms with Crippen LogP contribution in [0.5, 0.6) is 0 Å². The molecule has 1 atom stereocenters. The molecule has 1 unspecified atom stereocenters. The average Bonchev–Trinajstić information content (AvgIpc) is 3.52. The third-order valence-electron chi connectivity index (χ3n) is 5.20. The summed E-state index contributed by atoms with van der Waals surface area (Å²) in [5.74, 6) is -0.154. The summed E-state index contributed by atoms with van der Waals surface area (Å²) in [5.41, 5.74) is 10.1. The van der Waals surface area contributed by atoms with Crippen LogP contribution in [0.25, 0.3) is 17.1 Å². The Kier molecular flexibility index (Phi) is 5.08. The van der Waals surface area contributed by atoms with Crippen molar-refractivity contribution in [2.24, 2.45) is 0 Å². The second kappa shape index (κ2) is 8.19. The predicted octanol–water partition coefficient (Wildman–Crippen LogP) is 2.53. The molecular weight excluding hydrogens is 414 g/mol. The molecular formula is C20H19N9OS. The summed E-state index contributed by atoms with van der Waals surface area (Å²) in [6.07, 6.45) is 7.76. The zero-order valence-electron chi connectivity index (χ0n) is 16.5. The molecule has 4 aromatic rings. The van der Waals surface area contributed by atoms with Crippen LogP contribution in [-0.4, -0.2) is 52.5 Å². The number of amides is 1. The number of anilines is 1. The first-order valence-corrected chi connectivity index (χ1v) is 10.8. The monoisotopic (exact) mass is 433 g/mol. The van der Waals surface area contributed by atoms with Gasteiger partial charge in [-0.05, 0) is 43.5 Å². The molecule has 1 aliphatic rings. The number of aromatic nitrogens is 7. The van der Waals surface area contributed by atoms with Crippen molar-refractivity contribution < 1.29 is 4.79 Å². The first-order valence-electron chi connectivity index (χ1n) is 9.87. The maximum Gasteiger partial charge on any atom is 0.275 e. The lowest BCUT2D eigenvalue weighted by Crippen LogP contribution is -2.39. The standard InChI is InChI=1S/C20H19N9OS/c21-13-6-7-14(23-10-13)15-11-29(27-25-15)16-5-3-8-22-18(16)20(30)28-9-2-1-4-17(28)19-26-24-12-31-19/h3,5-8,10-12,17H,1-2,4,9,21H2. The van der Waals surface area contributed by atoms with Crippen molar-refractivity contribution in [2.75, 3.05) is 12.3 Å². The third kappa shape index (κ3) is 3.75. The Labute approximate surface area is 181 Å². The average molecular weight is 434 g/mol. The van der Waals surface area contributed by atoms with Crippen molar-refractivity contribution in [3.05, 3.63) is 59.1 Å². The van der Waals surface area contributed by atoms with Gasteiger partial charge < -0.3 is 10.6 Å². The maximum absolute atomic E-state index is 13.5. The number of nitrogen functional groups attached to an aromatic ring is 1. The molecule has 0 saturated carbocycles. The molecule has 2 N–H and O–H groups in total. The van der Waals surface area contributed by atoms with Crippen LogP contribution >= 0.6 is 11.3 Å². The SMILES string of the molecule is Nc1ccc(-c2cn(-c3cccnc3C(=O)N3CCCCC3c3nncs3)nn2)nc1. The van der Waals surface area contributed by atoms with Crippen molar-refractivity contribution >= 4 is 22.9 Å². The van der Waals surface area contributed by atoms with Crippen LogP contribution < -0.4 is 5.73 Å². The summed E-state index contributed by atoms with van der Waals surface area (Å²) < 4.78 is 1.55. The van der Waals surface area contributed by atoms with Crippen molar-refractivity contribution in [3.8, 4) is 17.1 Å². The van der Waals surface area contributed by atoms with E-state index < -0.39 is 0 Å². The second-order valence-electron chi connectivity index (χ2n) is 7.18. The molecule has 4 aromatic heterocycles. The van der Waals surface area contributed by atoms with E-state index in [0.717, 1.165) is 24.3 Å². The number of pyridine rings is 2. The number of carbonyl (C=O) groups excluding carboxylic acids is 1. The lowest BCUT2D eigenvalue weighted by atomic mass is 10.0. The Balaban J connectivity index is 1.48. The van der Waals surface area contributed by atoms with Crippen LogP contribution in [-0.2, 0) is 0 Å². The number of rotatable bonds is 4. The number of piperidine rings is 1. The Bertz CT molecular complexity index is 1190. The number of carbonyl (C=O) groups is 1. The van der Waals surface area contributed by atoms with Crippen LogP contribution in [0.4, 0.5) is 5.69 Å². The van der Waals surface area contributed by atoms with Crippen LogP contribution in [0.2, 0.25) is 0 Å². The number of likely N-dealkylation sites (tertiary alicyclic amines) is 1. The molecule has 31 heavy (non-hydrogen) atoms.